The second kappa shape index (κ2) is 5.59. The molecule has 2 amide bonds. The number of H-pyrrole nitrogens is 1. The van der Waals surface area contributed by atoms with Crippen molar-refractivity contribution in [3.05, 3.63) is 22.5 Å². The molecule has 0 aromatic carbocycles. The molecule has 0 saturated carbocycles. The Morgan fingerprint density at radius 1 is 1.33 bits per heavy atom. The van der Waals surface area contributed by atoms with Gasteiger partial charge in [-0.15, -0.1) is 0 Å². The first-order valence-corrected chi connectivity index (χ1v) is 6.80. The molecule has 1 fully saturated rings. The number of likely N-dealkylation sites (tertiary alicyclic amines) is 1. The predicted octanol–water partition coefficient (Wildman–Crippen LogP) is 0.680. The van der Waals surface area contributed by atoms with Gasteiger partial charge >= 0.3 is 5.97 Å². The van der Waals surface area contributed by atoms with Gasteiger partial charge in [-0.3, -0.25) is 9.59 Å². The maximum absolute atomic E-state index is 12.6. The van der Waals surface area contributed by atoms with Gasteiger partial charge in [0.15, 0.2) is 0 Å². The van der Waals surface area contributed by atoms with Gasteiger partial charge in [0.2, 0.25) is 5.91 Å². The molecule has 2 heterocycles. The molecule has 21 heavy (non-hydrogen) atoms. The minimum Gasteiger partial charge on any atom is -0.477 e. The number of carbonyl (C=O) groups excluding carboxylic acids is 2. The van der Waals surface area contributed by atoms with Crippen LogP contribution in [0.4, 0.5) is 0 Å². The lowest BCUT2D eigenvalue weighted by Gasteiger charge is -2.17. The van der Waals surface area contributed by atoms with Crippen molar-refractivity contribution >= 4 is 17.8 Å². The number of aromatic carboxylic acids is 1. The predicted molar refractivity (Wildman–Crippen MR) is 75.4 cm³/mol. The quantitative estimate of drug-likeness (QED) is 0.762. The van der Waals surface area contributed by atoms with Gasteiger partial charge in [0, 0.05) is 31.7 Å². The summed E-state index contributed by atoms with van der Waals surface area (Å²) in [5, 5.41) is 11.9. The summed E-state index contributed by atoms with van der Waals surface area (Å²) in [7, 11) is 0. The van der Waals surface area contributed by atoms with E-state index in [2.05, 4.69) is 10.3 Å². The fourth-order valence-corrected chi connectivity index (χ4v) is 2.79. The average molecular weight is 293 g/mol. The topological polar surface area (TPSA) is 103 Å². The number of carbonyl (C=O) groups is 3. The Morgan fingerprint density at radius 2 is 2.00 bits per heavy atom. The van der Waals surface area contributed by atoms with Crippen molar-refractivity contribution in [1.29, 1.82) is 0 Å². The molecule has 0 radical (unpaired) electrons. The number of hydrogen-bond donors (Lipinski definition) is 3. The highest BCUT2D eigenvalue weighted by molar-refractivity contribution is 6.01. The van der Waals surface area contributed by atoms with Gasteiger partial charge in [-0.25, -0.2) is 4.79 Å². The first-order valence-electron chi connectivity index (χ1n) is 6.80. The van der Waals surface area contributed by atoms with Crippen LogP contribution < -0.4 is 5.32 Å². The monoisotopic (exact) mass is 293 g/mol. The number of rotatable bonds is 3. The molecule has 114 valence electrons. The van der Waals surface area contributed by atoms with Crippen molar-refractivity contribution < 1.29 is 19.5 Å². The standard InChI is InChI=1S/C14H19N3O4/c1-7-11(8(2)15-12(7)14(20)21)13(19)17-5-4-10(6-17)16-9(3)18/h10,15H,4-6H2,1-3H3,(H,16,18)(H,20,21). The van der Waals surface area contributed by atoms with Crippen molar-refractivity contribution in [2.45, 2.75) is 33.2 Å². The largest absolute Gasteiger partial charge is 0.477 e. The third-order valence-electron chi connectivity index (χ3n) is 3.75. The van der Waals surface area contributed by atoms with Crippen LogP contribution >= 0.6 is 0 Å². The first-order chi connectivity index (χ1) is 9.81. The average Bonchev–Trinajstić information content (AvgIpc) is 2.93. The maximum Gasteiger partial charge on any atom is 0.352 e. The van der Waals surface area contributed by atoms with Gasteiger partial charge in [0.05, 0.1) is 5.56 Å². The molecule has 3 N–H and O–H groups in total. The second-order valence-electron chi connectivity index (χ2n) is 5.37. The van der Waals surface area contributed by atoms with E-state index < -0.39 is 5.97 Å². The number of nitrogens with one attached hydrogen (secondary N) is 2. The summed E-state index contributed by atoms with van der Waals surface area (Å²) in [5.74, 6) is -1.38. The second-order valence-corrected chi connectivity index (χ2v) is 5.37. The number of hydrogen-bond acceptors (Lipinski definition) is 3. The Labute approximate surface area is 122 Å². The van der Waals surface area contributed by atoms with Gasteiger partial charge in [0.1, 0.15) is 5.69 Å². The summed E-state index contributed by atoms with van der Waals surface area (Å²) in [6.45, 7) is 5.76. The molecule has 7 nitrogen and oxygen atoms in total. The molecule has 1 atom stereocenters. The smallest absolute Gasteiger partial charge is 0.352 e. The number of aromatic amines is 1. The highest BCUT2D eigenvalue weighted by Crippen LogP contribution is 2.22. The van der Waals surface area contributed by atoms with E-state index >= 15 is 0 Å². The van der Waals surface area contributed by atoms with Gasteiger partial charge in [-0.05, 0) is 25.8 Å². The van der Waals surface area contributed by atoms with Crippen LogP contribution in [0.15, 0.2) is 0 Å². The fraction of sp³-hybridized carbons (Fsp3) is 0.500. The van der Waals surface area contributed by atoms with Crippen LogP contribution in [0.5, 0.6) is 0 Å². The van der Waals surface area contributed by atoms with Gasteiger partial charge in [-0.1, -0.05) is 0 Å². The molecule has 2 rings (SSSR count). The zero-order valence-corrected chi connectivity index (χ0v) is 12.3. The normalized spacial score (nSPS) is 17.9. The molecule has 0 spiro atoms. The lowest BCUT2D eigenvalue weighted by atomic mass is 10.1. The molecule has 1 aromatic rings. The minimum absolute atomic E-state index is 0.0371. The Morgan fingerprint density at radius 3 is 2.52 bits per heavy atom. The highest BCUT2D eigenvalue weighted by atomic mass is 16.4. The SMILES string of the molecule is CC(=O)NC1CCN(C(=O)c2c(C)[nH]c(C(=O)O)c2C)C1. The molecule has 1 aromatic heterocycles. The van der Waals surface area contributed by atoms with Crippen LogP contribution in [-0.2, 0) is 4.79 Å². The molecule has 1 aliphatic rings. The van der Waals surface area contributed by atoms with Crippen LogP contribution in [0, 0.1) is 13.8 Å². The van der Waals surface area contributed by atoms with Crippen LogP contribution in [0.3, 0.4) is 0 Å². The Kier molecular flexibility index (Phi) is 4.02. The molecular weight excluding hydrogens is 274 g/mol. The van der Waals surface area contributed by atoms with Gasteiger partial charge in [-0.2, -0.15) is 0 Å². The fourth-order valence-electron chi connectivity index (χ4n) is 2.79. The highest BCUT2D eigenvalue weighted by Gasteiger charge is 2.31. The van der Waals surface area contributed by atoms with Crippen molar-refractivity contribution in [1.82, 2.24) is 15.2 Å². The van der Waals surface area contributed by atoms with E-state index in [1.54, 1.807) is 18.7 Å². The van der Waals surface area contributed by atoms with E-state index in [0.29, 0.717) is 36.3 Å². The van der Waals surface area contributed by atoms with E-state index in [1.807, 2.05) is 0 Å². The van der Waals surface area contributed by atoms with Crippen LogP contribution in [0.25, 0.3) is 0 Å². The van der Waals surface area contributed by atoms with Crippen molar-refractivity contribution in [2.75, 3.05) is 13.1 Å². The number of aryl methyl sites for hydroxylation is 1. The van der Waals surface area contributed by atoms with Crippen LogP contribution in [0.2, 0.25) is 0 Å². The van der Waals surface area contributed by atoms with E-state index in [9.17, 15) is 14.4 Å². The van der Waals surface area contributed by atoms with E-state index in [4.69, 9.17) is 5.11 Å². The van der Waals surface area contributed by atoms with E-state index in [-0.39, 0.29) is 23.6 Å². The molecular formula is C14H19N3O4. The molecule has 1 aliphatic heterocycles. The molecule has 1 saturated heterocycles. The maximum atomic E-state index is 12.6. The molecule has 0 bridgehead atoms. The van der Waals surface area contributed by atoms with Crippen molar-refractivity contribution in [2.24, 2.45) is 0 Å². The minimum atomic E-state index is -1.08. The summed E-state index contributed by atoms with van der Waals surface area (Å²) in [5.41, 5.74) is 1.47. The third-order valence-corrected chi connectivity index (χ3v) is 3.75. The molecule has 0 aliphatic carbocycles. The van der Waals surface area contributed by atoms with E-state index in [1.165, 1.54) is 6.92 Å². The number of aromatic nitrogens is 1. The molecule has 7 heteroatoms. The summed E-state index contributed by atoms with van der Waals surface area (Å²) in [4.78, 5) is 39.1. The number of carboxylic acid groups (broad SMARTS) is 1. The Balaban J connectivity index is 2.18. The lowest BCUT2D eigenvalue weighted by Crippen LogP contribution is -2.37. The van der Waals surface area contributed by atoms with Crippen molar-refractivity contribution in [3.8, 4) is 0 Å². The van der Waals surface area contributed by atoms with Gasteiger partial charge in [0.25, 0.3) is 5.91 Å². The van der Waals surface area contributed by atoms with Crippen molar-refractivity contribution in [3.63, 3.8) is 0 Å². The third kappa shape index (κ3) is 2.91. The Hall–Kier alpha value is -2.31. The summed E-state index contributed by atoms with van der Waals surface area (Å²) >= 11 is 0. The number of nitrogens with zero attached hydrogens (tertiary/aromatic N) is 1. The number of amides is 2. The lowest BCUT2D eigenvalue weighted by molar-refractivity contribution is -0.119. The summed E-state index contributed by atoms with van der Waals surface area (Å²) < 4.78 is 0. The first kappa shape index (κ1) is 15.1. The van der Waals surface area contributed by atoms with Crippen LogP contribution in [-0.4, -0.2) is 51.9 Å². The van der Waals surface area contributed by atoms with Crippen LogP contribution in [0.1, 0.15) is 45.4 Å². The van der Waals surface area contributed by atoms with Gasteiger partial charge < -0.3 is 20.3 Å². The molecule has 1 unspecified atom stereocenters. The summed E-state index contributed by atoms with van der Waals surface area (Å²) in [6.07, 6.45) is 0.708. The zero-order valence-electron chi connectivity index (χ0n) is 12.3. The number of carboxylic acids is 1. The Bertz CT molecular complexity index is 606. The van der Waals surface area contributed by atoms with E-state index in [0.717, 1.165) is 0 Å². The summed E-state index contributed by atoms with van der Waals surface area (Å²) in [6, 6.07) is -0.0371. The zero-order chi connectivity index (χ0) is 15.7.